The molecule has 90 valence electrons. The lowest BCUT2D eigenvalue weighted by Gasteiger charge is -1.96. The Morgan fingerprint density at radius 1 is 1.22 bits per heavy atom. The molecule has 1 aromatic heterocycles. The highest BCUT2D eigenvalue weighted by molar-refractivity contribution is 9.10. The first-order valence-electron chi connectivity index (χ1n) is 5.24. The number of fused-ring (bicyclic) bond motifs is 1. The molecule has 0 unspecified atom stereocenters. The molecule has 1 heterocycles. The van der Waals surface area contributed by atoms with E-state index in [1.54, 1.807) is 12.1 Å². The molecule has 0 aliphatic heterocycles. The molecule has 3 aromatic rings. The molecular formula is C13H7BrClFN2. The highest BCUT2D eigenvalue weighted by atomic mass is 79.9. The molecule has 0 fully saturated rings. The van der Waals surface area contributed by atoms with E-state index in [-0.39, 0.29) is 5.82 Å². The van der Waals surface area contributed by atoms with Crippen LogP contribution in [0.1, 0.15) is 0 Å². The van der Waals surface area contributed by atoms with Gasteiger partial charge in [0.25, 0.3) is 0 Å². The Labute approximate surface area is 116 Å². The van der Waals surface area contributed by atoms with Crippen LogP contribution in [-0.2, 0) is 0 Å². The maximum Gasteiger partial charge on any atom is 0.139 e. The van der Waals surface area contributed by atoms with Crippen LogP contribution in [0.15, 0.2) is 40.9 Å². The number of hydrogen-bond donors (Lipinski definition) is 1. The van der Waals surface area contributed by atoms with Crippen LogP contribution in [0, 0.1) is 5.82 Å². The number of benzene rings is 2. The van der Waals surface area contributed by atoms with Crippen molar-refractivity contribution in [3.05, 3.63) is 51.7 Å². The van der Waals surface area contributed by atoms with Gasteiger partial charge in [-0.1, -0.05) is 23.7 Å². The van der Waals surface area contributed by atoms with Gasteiger partial charge in [0.05, 0.1) is 15.5 Å². The van der Waals surface area contributed by atoms with E-state index in [1.807, 2.05) is 18.2 Å². The Hall–Kier alpha value is -1.39. The molecule has 0 saturated heterocycles. The van der Waals surface area contributed by atoms with Crippen molar-refractivity contribution in [3.8, 4) is 11.4 Å². The van der Waals surface area contributed by atoms with Crippen LogP contribution in [0.2, 0.25) is 5.02 Å². The van der Waals surface area contributed by atoms with Gasteiger partial charge in [-0.25, -0.2) is 9.37 Å². The van der Waals surface area contributed by atoms with Gasteiger partial charge in [-0.05, 0) is 34.1 Å². The molecule has 0 radical (unpaired) electrons. The molecule has 2 aromatic carbocycles. The molecule has 5 heteroatoms. The van der Waals surface area contributed by atoms with Crippen LogP contribution < -0.4 is 0 Å². The number of rotatable bonds is 1. The molecule has 0 aliphatic rings. The molecule has 2 nitrogen and oxygen atoms in total. The lowest BCUT2D eigenvalue weighted by atomic mass is 10.2. The smallest absolute Gasteiger partial charge is 0.139 e. The second-order valence-corrected chi connectivity index (χ2v) is 5.17. The van der Waals surface area contributed by atoms with Gasteiger partial charge in [0.2, 0.25) is 0 Å². The molecule has 0 atom stereocenters. The predicted molar refractivity (Wildman–Crippen MR) is 74.2 cm³/mol. The summed E-state index contributed by atoms with van der Waals surface area (Å²) in [4.78, 5) is 7.49. The third-order valence-corrected chi connectivity index (χ3v) is 3.46. The van der Waals surface area contributed by atoms with Crippen LogP contribution in [0.5, 0.6) is 0 Å². The topological polar surface area (TPSA) is 28.7 Å². The van der Waals surface area contributed by atoms with Crippen LogP contribution in [0.25, 0.3) is 22.4 Å². The van der Waals surface area contributed by atoms with Gasteiger partial charge in [0, 0.05) is 16.7 Å². The third kappa shape index (κ3) is 2.02. The van der Waals surface area contributed by atoms with Crippen molar-refractivity contribution in [3.63, 3.8) is 0 Å². The minimum Gasteiger partial charge on any atom is -0.338 e. The molecule has 1 N–H and O–H groups in total. The third-order valence-electron chi connectivity index (χ3n) is 2.62. The van der Waals surface area contributed by atoms with Crippen molar-refractivity contribution < 1.29 is 4.39 Å². The van der Waals surface area contributed by atoms with Crippen LogP contribution in [0.4, 0.5) is 4.39 Å². The Bertz CT molecular complexity index is 700. The highest BCUT2D eigenvalue weighted by Gasteiger charge is 2.08. The average molecular weight is 326 g/mol. The standard InChI is InChI=1S/C13H7BrClFN2/c14-9-5-11-12(6-10(9)16)18-13(17-11)7-2-1-3-8(15)4-7/h1-6H,(H,17,18). The zero-order valence-corrected chi connectivity index (χ0v) is 11.4. The number of imidazole rings is 1. The van der Waals surface area contributed by atoms with Crippen molar-refractivity contribution in [2.24, 2.45) is 0 Å². The molecule has 0 bridgehead atoms. The second kappa shape index (κ2) is 4.37. The summed E-state index contributed by atoms with van der Waals surface area (Å²) >= 11 is 9.08. The van der Waals surface area contributed by atoms with Crippen LogP contribution in [0.3, 0.4) is 0 Å². The van der Waals surface area contributed by atoms with E-state index in [0.717, 1.165) is 5.56 Å². The van der Waals surface area contributed by atoms with Crippen molar-refractivity contribution in [2.45, 2.75) is 0 Å². The second-order valence-electron chi connectivity index (χ2n) is 3.88. The number of nitrogens with zero attached hydrogens (tertiary/aromatic N) is 1. The van der Waals surface area contributed by atoms with E-state index >= 15 is 0 Å². The van der Waals surface area contributed by atoms with Gasteiger partial charge >= 0.3 is 0 Å². The largest absolute Gasteiger partial charge is 0.338 e. The summed E-state index contributed by atoms with van der Waals surface area (Å²) in [5.41, 5.74) is 2.24. The summed E-state index contributed by atoms with van der Waals surface area (Å²) in [5.74, 6) is 0.355. The van der Waals surface area contributed by atoms with Gasteiger partial charge in [0.1, 0.15) is 11.6 Å². The van der Waals surface area contributed by atoms with Gasteiger partial charge in [0.15, 0.2) is 0 Å². The summed E-state index contributed by atoms with van der Waals surface area (Å²) in [5, 5.41) is 0.639. The molecule has 0 spiro atoms. The van der Waals surface area contributed by atoms with Crippen LogP contribution >= 0.6 is 27.5 Å². The van der Waals surface area contributed by atoms with Crippen molar-refractivity contribution in [1.29, 1.82) is 0 Å². The van der Waals surface area contributed by atoms with Gasteiger partial charge in [-0.15, -0.1) is 0 Å². The van der Waals surface area contributed by atoms with Gasteiger partial charge in [-0.2, -0.15) is 0 Å². The fourth-order valence-corrected chi connectivity index (χ4v) is 2.30. The fourth-order valence-electron chi connectivity index (χ4n) is 1.78. The number of aromatic nitrogens is 2. The van der Waals surface area contributed by atoms with E-state index in [1.165, 1.54) is 6.07 Å². The lowest BCUT2D eigenvalue weighted by Crippen LogP contribution is -1.79. The summed E-state index contributed by atoms with van der Waals surface area (Å²) in [6.07, 6.45) is 0. The predicted octanol–water partition coefficient (Wildman–Crippen LogP) is 4.78. The highest BCUT2D eigenvalue weighted by Crippen LogP contribution is 2.26. The molecule has 3 rings (SSSR count). The van der Waals surface area contributed by atoms with Crippen molar-refractivity contribution in [2.75, 3.05) is 0 Å². The quantitative estimate of drug-likeness (QED) is 0.685. The number of halogens is 3. The number of aromatic amines is 1. The Morgan fingerprint density at radius 2 is 2.06 bits per heavy atom. The van der Waals surface area contributed by atoms with E-state index in [2.05, 4.69) is 25.9 Å². The number of nitrogens with one attached hydrogen (secondary N) is 1. The first-order chi connectivity index (χ1) is 8.63. The number of H-pyrrole nitrogens is 1. The average Bonchev–Trinajstić information content (AvgIpc) is 2.73. The Balaban J connectivity index is 2.19. The zero-order chi connectivity index (χ0) is 12.7. The zero-order valence-electron chi connectivity index (χ0n) is 9.05. The minimum absolute atomic E-state index is 0.316. The number of hydrogen-bond acceptors (Lipinski definition) is 1. The van der Waals surface area contributed by atoms with E-state index in [9.17, 15) is 4.39 Å². The molecule has 0 saturated carbocycles. The normalized spacial score (nSPS) is 11.1. The van der Waals surface area contributed by atoms with E-state index < -0.39 is 0 Å². The minimum atomic E-state index is -0.316. The van der Waals surface area contributed by atoms with E-state index in [0.29, 0.717) is 26.4 Å². The fraction of sp³-hybridized carbons (Fsp3) is 0. The summed E-state index contributed by atoms with van der Waals surface area (Å²) in [6.45, 7) is 0. The summed E-state index contributed by atoms with van der Waals surface area (Å²) in [7, 11) is 0. The molecule has 18 heavy (non-hydrogen) atoms. The molecule has 0 aliphatic carbocycles. The maximum absolute atomic E-state index is 13.4. The molecule has 0 amide bonds. The first-order valence-corrected chi connectivity index (χ1v) is 6.41. The monoisotopic (exact) mass is 324 g/mol. The maximum atomic E-state index is 13.4. The van der Waals surface area contributed by atoms with Gasteiger partial charge < -0.3 is 4.98 Å². The first kappa shape index (κ1) is 11.7. The molecular weight excluding hydrogens is 319 g/mol. The van der Waals surface area contributed by atoms with Crippen molar-refractivity contribution in [1.82, 2.24) is 9.97 Å². The Kier molecular flexibility index (Phi) is 2.84. The summed E-state index contributed by atoms with van der Waals surface area (Å²) in [6, 6.07) is 10.4. The van der Waals surface area contributed by atoms with Crippen LogP contribution in [-0.4, -0.2) is 9.97 Å². The van der Waals surface area contributed by atoms with Crippen molar-refractivity contribution >= 4 is 38.6 Å². The Morgan fingerprint density at radius 3 is 2.83 bits per heavy atom. The SMILES string of the molecule is Fc1cc2[nH]c(-c3cccc(Cl)c3)nc2cc1Br. The lowest BCUT2D eigenvalue weighted by molar-refractivity contribution is 0.623. The summed E-state index contributed by atoms with van der Waals surface area (Å²) < 4.78 is 13.8. The van der Waals surface area contributed by atoms with Gasteiger partial charge in [-0.3, -0.25) is 0 Å². The van der Waals surface area contributed by atoms with E-state index in [4.69, 9.17) is 11.6 Å².